The Bertz CT molecular complexity index is 425. The van der Waals surface area contributed by atoms with Gasteiger partial charge in [0.05, 0.1) is 0 Å². The van der Waals surface area contributed by atoms with E-state index in [2.05, 4.69) is 17.0 Å². The zero-order valence-electron chi connectivity index (χ0n) is 9.80. The number of carbonyl (C=O) groups is 1. The summed E-state index contributed by atoms with van der Waals surface area (Å²) in [5.74, 6) is -0.668. The highest BCUT2D eigenvalue weighted by atomic mass is 16.4. The van der Waals surface area contributed by atoms with Crippen LogP contribution in [0.1, 0.15) is 31.2 Å². The van der Waals surface area contributed by atoms with E-state index in [0.717, 1.165) is 13.0 Å². The number of nitrogens with zero attached hydrogens (tertiary/aromatic N) is 1. The highest BCUT2D eigenvalue weighted by molar-refractivity contribution is 5.75. The van der Waals surface area contributed by atoms with Gasteiger partial charge in [-0.15, -0.1) is 0 Å². The van der Waals surface area contributed by atoms with Gasteiger partial charge >= 0.3 is 5.97 Å². The molecule has 1 heterocycles. The number of carboxylic acids is 1. The van der Waals surface area contributed by atoms with Crippen LogP contribution in [0.2, 0.25) is 0 Å². The third kappa shape index (κ3) is 1.65. The Kier molecular flexibility index (Phi) is 2.44. The Morgan fingerprint density at radius 2 is 2.06 bits per heavy atom. The summed E-state index contributed by atoms with van der Waals surface area (Å²) in [6, 6.07) is 9.90. The molecule has 17 heavy (non-hydrogen) atoms. The van der Waals surface area contributed by atoms with Gasteiger partial charge in [-0.1, -0.05) is 30.3 Å². The van der Waals surface area contributed by atoms with Crippen LogP contribution >= 0.6 is 0 Å². The minimum Gasteiger partial charge on any atom is -0.480 e. The zero-order valence-corrected chi connectivity index (χ0v) is 9.80. The number of carboxylic acid groups (broad SMARTS) is 1. The van der Waals surface area contributed by atoms with Crippen molar-refractivity contribution in [3.63, 3.8) is 0 Å². The van der Waals surface area contributed by atoms with Gasteiger partial charge in [-0.3, -0.25) is 9.69 Å². The summed E-state index contributed by atoms with van der Waals surface area (Å²) in [6.07, 6.45) is 4.43. The summed E-state index contributed by atoms with van der Waals surface area (Å²) >= 11 is 0. The Labute approximate surface area is 101 Å². The van der Waals surface area contributed by atoms with Gasteiger partial charge in [0.25, 0.3) is 0 Å². The van der Waals surface area contributed by atoms with Gasteiger partial charge in [-0.25, -0.2) is 0 Å². The SMILES string of the molecule is O=C(O)C1CC2(CCC2)N1Cc1ccccc1. The number of likely N-dealkylation sites (tertiary alicyclic amines) is 1. The highest BCUT2D eigenvalue weighted by Crippen LogP contribution is 2.51. The summed E-state index contributed by atoms with van der Waals surface area (Å²) in [5, 5.41) is 9.19. The molecule has 0 amide bonds. The summed E-state index contributed by atoms with van der Waals surface area (Å²) in [5.41, 5.74) is 1.43. The first-order chi connectivity index (χ1) is 8.21. The van der Waals surface area contributed by atoms with Crippen LogP contribution in [0.5, 0.6) is 0 Å². The molecule has 1 unspecified atom stereocenters. The summed E-state index contributed by atoms with van der Waals surface area (Å²) < 4.78 is 0. The normalized spacial score (nSPS) is 26.2. The van der Waals surface area contributed by atoms with E-state index in [0.29, 0.717) is 0 Å². The maximum Gasteiger partial charge on any atom is 0.321 e. The molecular formula is C14H17NO2. The number of aliphatic carboxylic acids is 1. The molecule has 1 aliphatic carbocycles. The van der Waals surface area contributed by atoms with Crippen LogP contribution in [-0.2, 0) is 11.3 Å². The van der Waals surface area contributed by atoms with E-state index >= 15 is 0 Å². The van der Waals surface area contributed by atoms with Crippen LogP contribution in [0.3, 0.4) is 0 Å². The first-order valence-corrected chi connectivity index (χ1v) is 6.25. The topological polar surface area (TPSA) is 40.5 Å². The molecule has 3 nitrogen and oxygen atoms in total. The second kappa shape index (κ2) is 3.84. The van der Waals surface area contributed by atoms with Crippen LogP contribution in [0.4, 0.5) is 0 Å². The monoisotopic (exact) mass is 231 g/mol. The van der Waals surface area contributed by atoms with Crippen molar-refractivity contribution in [2.75, 3.05) is 0 Å². The average molecular weight is 231 g/mol. The molecule has 1 aromatic carbocycles. The minimum atomic E-state index is -0.668. The molecule has 3 rings (SSSR count). The van der Waals surface area contributed by atoms with Crippen LogP contribution < -0.4 is 0 Å². The highest BCUT2D eigenvalue weighted by Gasteiger charge is 2.57. The third-order valence-electron chi connectivity index (χ3n) is 4.32. The van der Waals surface area contributed by atoms with Crippen LogP contribution in [-0.4, -0.2) is 27.6 Å². The summed E-state index contributed by atoms with van der Waals surface area (Å²) in [4.78, 5) is 13.4. The lowest BCUT2D eigenvalue weighted by Gasteiger charge is -2.62. The number of rotatable bonds is 3. The van der Waals surface area contributed by atoms with Crippen molar-refractivity contribution in [1.29, 1.82) is 0 Å². The molecular weight excluding hydrogens is 214 g/mol. The molecule has 0 aromatic heterocycles. The summed E-state index contributed by atoms with van der Waals surface area (Å²) in [7, 11) is 0. The maximum absolute atomic E-state index is 11.2. The number of benzene rings is 1. The lowest BCUT2D eigenvalue weighted by molar-refractivity contribution is -0.175. The first-order valence-electron chi connectivity index (χ1n) is 6.25. The molecule has 1 saturated carbocycles. The second-order valence-electron chi connectivity index (χ2n) is 5.25. The van der Waals surface area contributed by atoms with Crippen molar-refractivity contribution in [2.24, 2.45) is 0 Å². The lowest BCUT2D eigenvalue weighted by Crippen LogP contribution is -2.70. The first kappa shape index (κ1) is 10.8. The maximum atomic E-state index is 11.2. The lowest BCUT2D eigenvalue weighted by atomic mass is 9.64. The van der Waals surface area contributed by atoms with Gasteiger partial charge in [0.15, 0.2) is 0 Å². The van der Waals surface area contributed by atoms with Crippen LogP contribution in [0, 0.1) is 0 Å². The quantitative estimate of drug-likeness (QED) is 0.867. The number of hydrogen-bond donors (Lipinski definition) is 1. The van der Waals surface area contributed by atoms with E-state index < -0.39 is 5.97 Å². The number of hydrogen-bond acceptors (Lipinski definition) is 2. The molecule has 1 atom stereocenters. The van der Waals surface area contributed by atoms with Gasteiger partial charge in [0, 0.05) is 12.1 Å². The Balaban J connectivity index is 1.76. The van der Waals surface area contributed by atoms with Gasteiger partial charge in [-0.2, -0.15) is 0 Å². The zero-order chi connectivity index (χ0) is 11.9. The molecule has 1 aliphatic heterocycles. The Morgan fingerprint density at radius 3 is 2.59 bits per heavy atom. The predicted molar refractivity (Wildman–Crippen MR) is 64.6 cm³/mol. The van der Waals surface area contributed by atoms with E-state index in [1.165, 1.54) is 24.8 Å². The molecule has 0 radical (unpaired) electrons. The Hall–Kier alpha value is -1.35. The summed E-state index contributed by atoms with van der Waals surface area (Å²) in [6.45, 7) is 0.776. The molecule has 2 fully saturated rings. The largest absolute Gasteiger partial charge is 0.480 e. The van der Waals surface area contributed by atoms with Crippen molar-refractivity contribution in [2.45, 2.75) is 43.8 Å². The molecule has 90 valence electrons. The van der Waals surface area contributed by atoms with Gasteiger partial charge in [-0.05, 0) is 31.2 Å². The fraction of sp³-hybridized carbons (Fsp3) is 0.500. The molecule has 1 spiro atoms. The molecule has 0 bridgehead atoms. The van der Waals surface area contributed by atoms with E-state index in [1.807, 2.05) is 18.2 Å². The fourth-order valence-corrected chi connectivity index (χ4v) is 3.16. The smallest absolute Gasteiger partial charge is 0.321 e. The molecule has 2 aliphatic rings. The fourth-order valence-electron chi connectivity index (χ4n) is 3.16. The van der Waals surface area contributed by atoms with Crippen molar-refractivity contribution < 1.29 is 9.90 Å². The van der Waals surface area contributed by atoms with E-state index in [4.69, 9.17) is 0 Å². The predicted octanol–water partition coefficient (Wildman–Crippen LogP) is 2.27. The van der Waals surface area contributed by atoms with Crippen LogP contribution in [0.15, 0.2) is 30.3 Å². The molecule has 1 saturated heterocycles. The van der Waals surface area contributed by atoms with Crippen molar-refractivity contribution in [3.05, 3.63) is 35.9 Å². The molecule has 1 aromatic rings. The van der Waals surface area contributed by atoms with Gasteiger partial charge < -0.3 is 5.11 Å². The van der Waals surface area contributed by atoms with E-state index in [9.17, 15) is 9.90 Å². The van der Waals surface area contributed by atoms with Crippen molar-refractivity contribution in [3.8, 4) is 0 Å². The minimum absolute atomic E-state index is 0.221. The van der Waals surface area contributed by atoms with Crippen LogP contribution in [0.25, 0.3) is 0 Å². The van der Waals surface area contributed by atoms with Gasteiger partial charge in [0.1, 0.15) is 6.04 Å². The van der Waals surface area contributed by atoms with E-state index in [1.54, 1.807) is 0 Å². The Morgan fingerprint density at radius 1 is 1.35 bits per heavy atom. The van der Waals surface area contributed by atoms with Gasteiger partial charge in [0.2, 0.25) is 0 Å². The second-order valence-corrected chi connectivity index (χ2v) is 5.25. The third-order valence-corrected chi connectivity index (χ3v) is 4.32. The molecule has 3 heteroatoms. The van der Waals surface area contributed by atoms with Crippen molar-refractivity contribution in [1.82, 2.24) is 4.90 Å². The molecule has 1 N–H and O–H groups in total. The van der Waals surface area contributed by atoms with E-state index in [-0.39, 0.29) is 11.6 Å². The standard InChI is InChI=1S/C14H17NO2/c16-13(17)12-9-14(7-4-8-14)15(12)10-11-5-2-1-3-6-11/h1-3,5-6,12H,4,7-10H2,(H,16,17). The average Bonchev–Trinajstić information content (AvgIpc) is 2.23. The van der Waals surface area contributed by atoms with Crippen molar-refractivity contribution >= 4 is 5.97 Å².